The first-order valence-electron chi connectivity index (χ1n) is 7.86. The third kappa shape index (κ3) is 6.68. The van der Waals surface area contributed by atoms with Crippen molar-refractivity contribution in [1.29, 1.82) is 0 Å². The molecule has 0 radical (unpaired) electrons. The van der Waals surface area contributed by atoms with Crippen molar-refractivity contribution in [3.8, 4) is 5.75 Å². The number of amides is 2. The number of carboxylic acid groups (broad SMARTS) is 1. The zero-order valence-corrected chi connectivity index (χ0v) is 14.2. The highest BCUT2D eigenvalue weighted by Gasteiger charge is 2.21. The van der Waals surface area contributed by atoms with Crippen molar-refractivity contribution in [1.82, 2.24) is 10.6 Å². The van der Waals surface area contributed by atoms with Crippen molar-refractivity contribution in [2.45, 2.75) is 33.2 Å². The number of carbonyl (C=O) groups is 3. The normalized spacial score (nSPS) is 11.7. The molecule has 7 heteroatoms. The number of aliphatic carboxylic acids is 1. The minimum absolute atomic E-state index is 0.129. The van der Waals surface area contributed by atoms with Gasteiger partial charge in [-0.25, -0.2) is 4.79 Å². The Hall–Kier alpha value is -2.57. The topological polar surface area (TPSA) is 105 Å². The fraction of sp³-hybridized carbons (Fsp3) is 0.471. The molecule has 0 aliphatic carbocycles. The van der Waals surface area contributed by atoms with Crippen LogP contribution in [0.5, 0.6) is 5.75 Å². The molecule has 2 amide bonds. The van der Waals surface area contributed by atoms with Crippen LogP contribution in [0.4, 0.5) is 0 Å². The Labute approximate surface area is 141 Å². The Kier molecular flexibility index (Phi) is 7.74. The summed E-state index contributed by atoms with van der Waals surface area (Å²) in [6.45, 7) is 5.86. The molecule has 24 heavy (non-hydrogen) atoms. The summed E-state index contributed by atoms with van der Waals surface area (Å²) in [5.41, 5.74) is 0.392. The molecule has 1 aromatic carbocycles. The van der Waals surface area contributed by atoms with E-state index in [-0.39, 0.29) is 12.5 Å². The number of hydrogen-bond donors (Lipinski definition) is 3. The summed E-state index contributed by atoms with van der Waals surface area (Å²) in [6, 6.07) is 5.57. The third-order valence-corrected chi connectivity index (χ3v) is 3.18. The van der Waals surface area contributed by atoms with Crippen LogP contribution in [0.2, 0.25) is 0 Å². The third-order valence-electron chi connectivity index (χ3n) is 3.18. The van der Waals surface area contributed by atoms with Gasteiger partial charge >= 0.3 is 5.97 Å². The molecule has 1 atom stereocenters. The second kappa shape index (κ2) is 9.54. The van der Waals surface area contributed by atoms with Gasteiger partial charge in [0.15, 0.2) is 0 Å². The average molecular weight is 336 g/mol. The van der Waals surface area contributed by atoms with E-state index in [1.54, 1.807) is 24.3 Å². The van der Waals surface area contributed by atoms with Gasteiger partial charge in [0, 0.05) is 5.56 Å². The highest BCUT2D eigenvalue weighted by atomic mass is 16.5. The Morgan fingerprint density at radius 1 is 1.17 bits per heavy atom. The summed E-state index contributed by atoms with van der Waals surface area (Å²) in [7, 11) is 0. The Bertz CT molecular complexity index is 569. The summed E-state index contributed by atoms with van der Waals surface area (Å²) in [6.07, 6.45) is 0.327. The molecule has 0 saturated heterocycles. The zero-order chi connectivity index (χ0) is 18.1. The van der Waals surface area contributed by atoms with E-state index >= 15 is 0 Å². The second-order valence-electron chi connectivity index (χ2n) is 5.73. The van der Waals surface area contributed by atoms with Gasteiger partial charge in [-0.15, -0.1) is 0 Å². The van der Waals surface area contributed by atoms with Gasteiger partial charge in [0.25, 0.3) is 5.91 Å². The van der Waals surface area contributed by atoms with Crippen LogP contribution in [-0.4, -0.2) is 42.1 Å². The maximum Gasteiger partial charge on any atom is 0.326 e. The molecule has 0 bridgehead atoms. The molecule has 0 unspecified atom stereocenters. The van der Waals surface area contributed by atoms with E-state index < -0.39 is 23.8 Å². The van der Waals surface area contributed by atoms with E-state index in [1.165, 1.54) is 0 Å². The molecule has 0 heterocycles. The quantitative estimate of drug-likeness (QED) is 0.633. The molecule has 132 valence electrons. The van der Waals surface area contributed by atoms with Crippen LogP contribution >= 0.6 is 0 Å². The Balaban J connectivity index is 2.50. The van der Waals surface area contributed by atoms with Crippen LogP contribution in [0.3, 0.4) is 0 Å². The number of carbonyl (C=O) groups excluding carboxylic acids is 2. The molecule has 0 aliphatic rings. The molecule has 0 saturated carbocycles. The lowest BCUT2D eigenvalue weighted by Gasteiger charge is -2.16. The molecular weight excluding hydrogens is 312 g/mol. The van der Waals surface area contributed by atoms with Gasteiger partial charge < -0.3 is 20.5 Å². The van der Waals surface area contributed by atoms with Crippen molar-refractivity contribution < 1.29 is 24.2 Å². The monoisotopic (exact) mass is 336 g/mol. The van der Waals surface area contributed by atoms with Crippen LogP contribution in [-0.2, 0) is 9.59 Å². The number of benzene rings is 1. The van der Waals surface area contributed by atoms with Crippen LogP contribution < -0.4 is 15.4 Å². The summed E-state index contributed by atoms with van der Waals surface area (Å²) < 4.78 is 5.29. The molecule has 0 fully saturated rings. The predicted molar refractivity (Wildman–Crippen MR) is 89.0 cm³/mol. The van der Waals surface area contributed by atoms with Crippen molar-refractivity contribution in [3.05, 3.63) is 29.8 Å². The fourth-order valence-corrected chi connectivity index (χ4v) is 2.07. The van der Waals surface area contributed by atoms with Crippen molar-refractivity contribution in [2.24, 2.45) is 5.92 Å². The molecular formula is C17H24N2O5. The SMILES string of the molecule is CCOc1ccc(C(=O)NCC(=O)N[C@@H](CC(C)C)C(=O)O)cc1. The molecule has 1 aromatic rings. The largest absolute Gasteiger partial charge is 0.494 e. The van der Waals surface area contributed by atoms with E-state index in [9.17, 15) is 14.4 Å². The second-order valence-corrected chi connectivity index (χ2v) is 5.73. The Morgan fingerprint density at radius 2 is 1.79 bits per heavy atom. The molecule has 0 aromatic heterocycles. The molecule has 7 nitrogen and oxygen atoms in total. The van der Waals surface area contributed by atoms with Crippen molar-refractivity contribution in [3.63, 3.8) is 0 Å². The van der Waals surface area contributed by atoms with E-state index in [0.717, 1.165) is 0 Å². The van der Waals surface area contributed by atoms with Crippen LogP contribution in [0.1, 0.15) is 37.6 Å². The molecule has 3 N–H and O–H groups in total. The first-order valence-corrected chi connectivity index (χ1v) is 7.86. The minimum atomic E-state index is -1.09. The Morgan fingerprint density at radius 3 is 2.29 bits per heavy atom. The summed E-state index contributed by atoms with van der Waals surface area (Å²) in [4.78, 5) is 34.9. The van der Waals surface area contributed by atoms with Crippen LogP contribution in [0, 0.1) is 5.92 Å². The number of ether oxygens (including phenoxy) is 1. The molecule has 1 rings (SSSR count). The average Bonchev–Trinajstić information content (AvgIpc) is 2.52. The summed E-state index contributed by atoms with van der Waals surface area (Å²) >= 11 is 0. The van der Waals surface area contributed by atoms with Gasteiger partial charge in [-0.2, -0.15) is 0 Å². The van der Waals surface area contributed by atoms with Crippen molar-refractivity contribution in [2.75, 3.05) is 13.2 Å². The van der Waals surface area contributed by atoms with Gasteiger partial charge in [0.1, 0.15) is 11.8 Å². The molecule has 0 spiro atoms. The smallest absolute Gasteiger partial charge is 0.326 e. The highest BCUT2D eigenvalue weighted by molar-refractivity contribution is 5.96. The lowest BCUT2D eigenvalue weighted by atomic mass is 10.0. The lowest BCUT2D eigenvalue weighted by Crippen LogP contribution is -2.46. The first-order chi connectivity index (χ1) is 11.3. The van der Waals surface area contributed by atoms with E-state index in [4.69, 9.17) is 9.84 Å². The minimum Gasteiger partial charge on any atom is -0.494 e. The number of hydrogen-bond acceptors (Lipinski definition) is 4. The number of carboxylic acids is 1. The van der Waals surface area contributed by atoms with Gasteiger partial charge in [0.2, 0.25) is 5.91 Å². The van der Waals surface area contributed by atoms with Gasteiger partial charge in [-0.05, 0) is 43.5 Å². The lowest BCUT2D eigenvalue weighted by molar-refractivity contribution is -0.142. The standard InChI is InChI=1S/C17H24N2O5/c1-4-24-13-7-5-12(6-8-13)16(21)18-10-15(20)19-14(17(22)23)9-11(2)3/h5-8,11,14H,4,9-10H2,1-3H3,(H,18,21)(H,19,20)(H,22,23)/t14-/m0/s1. The first kappa shape index (κ1) is 19.5. The van der Waals surface area contributed by atoms with E-state index in [0.29, 0.717) is 24.3 Å². The van der Waals surface area contributed by atoms with E-state index in [1.807, 2.05) is 20.8 Å². The number of rotatable bonds is 9. The predicted octanol–water partition coefficient (Wildman–Crippen LogP) is 1.43. The van der Waals surface area contributed by atoms with Crippen LogP contribution in [0.15, 0.2) is 24.3 Å². The number of nitrogens with one attached hydrogen (secondary N) is 2. The van der Waals surface area contributed by atoms with E-state index in [2.05, 4.69) is 10.6 Å². The molecule has 0 aliphatic heterocycles. The van der Waals surface area contributed by atoms with Gasteiger partial charge in [0.05, 0.1) is 13.2 Å². The van der Waals surface area contributed by atoms with Crippen LogP contribution in [0.25, 0.3) is 0 Å². The summed E-state index contributed by atoms with van der Waals surface area (Å²) in [5, 5.41) is 14.0. The summed E-state index contributed by atoms with van der Waals surface area (Å²) in [5.74, 6) is -1.25. The van der Waals surface area contributed by atoms with Crippen molar-refractivity contribution >= 4 is 17.8 Å². The van der Waals surface area contributed by atoms with Gasteiger partial charge in [-0.3, -0.25) is 9.59 Å². The fourth-order valence-electron chi connectivity index (χ4n) is 2.07. The maximum absolute atomic E-state index is 12.0. The maximum atomic E-state index is 12.0. The van der Waals surface area contributed by atoms with Gasteiger partial charge in [-0.1, -0.05) is 13.8 Å². The highest BCUT2D eigenvalue weighted by Crippen LogP contribution is 2.11. The zero-order valence-electron chi connectivity index (χ0n) is 14.2.